The van der Waals surface area contributed by atoms with E-state index in [2.05, 4.69) is 23.3 Å². The minimum absolute atomic E-state index is 0.110. The molecule has 3 aromatic rings. The molecule has 5 rings (SSSR count). The second-order valence-corrected chi connectivity index (χ2v) is 11.1. The molecular formula is C23H25N3O5S2. The summed E-state index contributed by atoms with van der Waals surface area (Å²) < 4.78 is 39.7. The second kappa shape index (κ2) is 8.92. The standard InChI is InChI=1S/C23H25N3O5S2/c1-2-15-3-5-18-21(13-15)32-23(24-18)25-22(27)16-7-9-26(10-8-16)33(28,29)17-4-6-19-20(14-17)31-12-11-30-19/h3-6,13-14,16H,2,7-12H2,1H3,(H,24,25,27). The fourth-order valence-corrected chi connectivity index (χ4v) is 6.56. The molecule has 1 aromatic heterocycles. The minimum Gasteiger partial charge on any atom is -0.486 e. The highest BCUT2D eigenvalue weighted by Gasteiger charge is 2.33. The number of fused-ring (bicyclic) bond motifs is 2. The molecule has 1 N–H and O–H groups in total. The van der Waals surface area contributed by atoms with Crippen molar-refractivity contribution in [3.05, 3.63) is 42.0 Å². The first-order valence-electron chi connectivity index (χ1n) is 11.0. The van der Waals surface area contributed by atoms with Crippen LogP contribution >= 0.6 is 11.3 Å². The van der Waals surface area contributed by atoms with Gasteiger partial charge in [0.15, 0.2) is 16.6 Å². The van der Waals surface area contributed by atoms with Crippen LogP contribution in [0.15, 0.2) is 41.3 Å². The number of rotatable bonds is 5. The number of ether oxygens (including phenoxy) is 2. The van der Waals surface area contributed by atoms with Gasteiger partial charge in [-0.15, -0.1) is 0 Å². The molecule has 0 aliphatic carbocycles. The number of benzene rings is 2. The number of anilines is 1. The number of thiazole rings is 1. The normalized spacial score (nSPS) is 17.2. The lowest BCUT2D eigenvalue weighted by Crippen LogP contribution is -2.41. The van der Waals surface area contributed by atoms with Crippen LogP contribution in [0.5, 0.6) is 11.5 Å². The molecule has 1 fully saturated rings. The van der Waals surface area contributed by atoms with Crippen LogP contribution in [0.3, 0.4) is 0 Å². The quantitative estimate of drug-likeness (QED) is 0.590. The number of nitrogens with zero attached hydrogens (tertiary/aromatic N) is 2. The van der Waals surface area contributed by atoms with Crippen molar-refractivity contribution in [1.82, 2.24) is 9.29 Å². The number of aromatic nitrogens is 1. The Hall–Kier alpha value is -2.69. The molecule has 0 saturated carbocycles. The zero-order chi connectivity index (χ0) is 23.0. The summed E-state index contributed by atoms with van der Waals surface area (Å²) >= 11 is 1.46. The van der Waals surface area contributed by atoms with Gasteiger partial charge in [0, 0.05) is 25.1 Å². The lowest BCUT2D eigenvalue weighted by atomic mass is 9.97. The Bertz CT molecular complexity index is 1300. The first-order valence-corrected chi connectivity index (χ1v) is 13.3. The fraction of sp³-hybridized carbons (Fsp3) is 0.391. The van der Waals surface area contributed by atoms with Gasteiger partial charge >= 0.3 is 0 Å². The molecule has 1 saturated heterocycles. The Balaban J connectivity index is 1.22. The molecule has 0 atom stereocenters. The first-order chi connectivity index (χ1) is 15.9. The molecule has 0 spiro atoms. The molecule has 8 nitrogen and oxygen atoms in total. The largest absolute Gasteiger partial charge is 0.486 e. The Morgan fingerprint density at radius 3 is 2.64 bits per heavy atom. The number of carbonyl (C=O) groups is 1. The molecule has 0 radical (unpaired) electrons. The molecule has 3 heterocycles. The molecule has 33 heavy (non-hydrogen) atoms. The Morgan fingerprint density at radius 2 is 1.88 bits per heavy atom. The van der Waals surface area contributed by atoms with E-state index in [1.807, 2.05) is 12.1 Å². The Labute approximate surface area is 196 Å². The molecule has 1 amide bonds. The highest BCUT2D eigenvalue weighted by molar-refractivity contribution is 7.89. The molecule has 0 bridgehead atoms. The third-order valence-corrected chi connectivity index (χ3v) is 8.90. The third-order valence-electron chi connectivity index (χ3n) is 6.07. The number of carbonyl (C=O) groups excluding carboxylic acids is 1. The van der Waals surface area contributed by atoms with Crippen LogP contribution in [0.4, 0.5) is 5.13 Å². The number of aryl methyl sites for hydroxylation is 1. The van der Waals surface area contributed by atoms with Gasteiger partial charge in [-0.2, -0.15) is 4.31 Å². The van der Waals surface area contributed by atoms with E-state index in [4.69, 9.17) is 9.47 Å². The van der Waals surface area contributed by atoms with Crippen LogP contribution in [0.1, 0.15) is 25.3 Å². The summed E-state index contributed by atoms with van der Waals surface area (Å²) in [6, 6.07) is 10.8. The monoisotopic (exact) mass is 487 g/mol. The van der Waals surface area contributed by atoms with Crippen LogP contribution in [0.25, 0.3) is 10.2 Å². The maximum Gasteiger partial charge on any atom is 0.243 e. The fourth-order valence-electron chi connectivity index (χ4n) is 4.14. The summed E-state index contributed by atoms with van der Waals surface area (Å²) in [6.07, 6.45) is 1.87. The molecule has 2 aliphatic rings. The number of sulfonamides is 1. The minimum atomic E-state index is -3.67. The number of piperidine rings is 1. The van der Waals surface area contributed by atoms with Gasteiger partial charge in [0.25, 0.3) is 0 Å². The van der Waals surface area contributed by atoms with Crippen molar-refractivity contribution in [2.45, 2.75) is 31.1 Å². The lowest BCUT2D eigenvalue weighted by Gasteiger charge is -2.30. The van der Waals surface area contributed by atoms with Gasteiger partial charge in [-0.25, -0.2) is 13.4 Å². The van der Waals surface area contributed by atoms with Crippen LogP contribution in [0.2, 0.25) is 0 Å². The smallest absolute Gasteiger partial charge is 0.243 e. The molecule has 10 heteroatoms. The zero-order valence-electron chi connectivity index (χ0n) is 18.2. The molecule has 2 aromatic carbocycles. The van der Waals surface area contributed by atoms with E-state index in [1.54, 1.807) is 12.1 Å². The van der Waals surface area contributed by atoms with Crippen LogP contribution < -0.4 is 14.8 Å². The lowest BCUT2D eigenvalue weighted by molar-refractivity contribution is -0.120. The van der Waals surface area contributed by atoms with Gasteiger partial charge in [-0.3, -0.25) is 4.79 Å². The molecule has 174 valence electrons. The summed E-state index contributed by atoms with van der Waals surface area (Å²) in [5.41, 5.74) is 2.10. The van der Waals surface area contributed by atoms with Crippen LogP contribution in [0, 0.1) is 5.92 Å². The van der Waals surface area contributed by atoms with Gasteiger partial charge in [0.2, 0.25) is 15.9 Å². The number of amides is 1. The predicted molar refractivity (Wildman–Crippen MR) is 127 cm³/mol. The van der Waals surface area contributed by atoms with Gasteiger partial charge in [-0.05, 0) is 49.1 Å². The van der Waals surface area contributed by atoms with Crippen molar-refractivity contribution in [3.8, 4) is 11.5 Å². The van der Waals surface area contributed by atoms with Crippen LogP contribution in [-0.2, 0) is 21.2 Å². The average Bonchev–Trinajstić information content (AvgIpc) is 3.25. The number of hydrogen-bond acceptors (Lipinski definition) is 7. The summed E-state index contributed by atoms with van der Waals surface area (Å²) in [7, 11) is -3.67. The number of nitrogens with one attached hydrogen (secondary N) is 1. The highest BCUT2D eigenvalue weighted by atomic mass is 32.2. The van der Waals surface area contributed by atoms with E-state index >= 15 is 0 Å². The van der Waals surface area contributed by atoms with Crippen molar-refractivity contribution in [2.75, 3.05) is 31.6 Å². The van der Waals surface area contributed by atoms with Crippen LogP contribution in [-0.4, -0.2) is 49.9 Å². The van der Waals surface area contributed by atoms with Gasteiger partial charge in [0.05, 0.1) is 15.1 Å². The van der Waals surface area contributed by atoms with Gasteiger partial charge in [-0.1, -0.05) is 24.3 Å². The average molecular weight is 488 g/mol. The van der Waals surface area contributed by atoms with Crippen molar-refractivity contribution in [2.24, 2.45) is 5.92 Å². The summed E-state index contributed by atoms with van der Waals surface area (Å²) in [4.78, 5) is 17.5. The van der Waals surface area contributed by atoms with E-state index in [-0.39, 0.29) is 29.8 Å². The van der Waals surface area contributed by atoms with Gasteiger partial charge < -0.3 is 14.8 Å². The maximum absolute atomic E-state index is 13.1. The summed E-state index contributed by atoms with van der Waals surface area (Å²) in [5.74, 6) is 0.630. The number of hydrogen-bond donors (Lipinski definition) is 1. The van der Waals surface area contributed by atoms with E-state index in [0.717, 1.165) is 16.6 Å². The topological polar surface area (TPSA) is 97.8 Å². The van der Waals surface area contributed by atoms with Crippen molar-refractivity contribution >= 4 is 42.6 Å². The van der Waals surface area contributed by atoms with Crippen molar-refractivity contribution < 1.29 is 22.7 Å². The summed E-state index contributed by atoms with van der Waals surface area (Å²) in [5, 5.41) is 3.51. The maximum atomic E-state index is 13.1. The van der Waals surface area contributed by atoms with Crippen molar-refractivity contribution in [1.29, 1.82) is 0 Å². The molecule has 0 unspecified atom stereocenters. The SMILES string of the molecule is CCc1ccc2nc(NC(=O)C3CCN(S(=O)(=O)c4ccc5c(c4)OCCO5)CC3)sc2c1. The molecule has 2 aliphatic heterocycles. The van der Waals surface area contributed by atoms with E-state index < -0.39 is 10.0 Å². The van der Waals surface area contributed by atoms with E-state index in [1.165, 1.54) is 27.3 Å². The predicted octanol–water partition coefficient (Wildman–Crippen LogP) is 3.67. The third kappa shape index (κ3) is 4.42. The van der Waals surface area contributed by atoms with E-state index in [9.17, 15) is 13.2 Å². The Morgan fingerprint density at radius 1 is 1.12 bits per heavy atom. The van der Waals surface area contributed by atoms with Crippen molar-refractivity contribution in [3.63, 3.8) is 0 Å². The summed E-state index contributed by atoms with van der Waals surface area (Å²) in [6.45, 7) is 3.52. The van der Waals surface area contributed by atoms with E-state index in [0.29, 0.717) is 42.7 Å². The first kappa shape index (κ1) is 22.1. The second-order valence-electron chi connectivity index (χ2n) is 8.15. The molecular weight excluding hydrogens is 462 g/mol. The van der Waals surface area contributed by atoms with Gasteiger partial charge in [0.1, 0.15) is 13.2 Å². The zero-order valence-corrected chi connectivity index (χ0v) is 19.9. The highest BCUT2D eigenvalue weighted by Crippen LogP contribution is 2.34. The Kier molecular flexibility index (Phi) is 5.98.